The molecule has 1 N–H and O–H groups in total. The summed E-state index contributed by atoms with van der Waals surface area (Å²) in [5.74, 6) is 2.80. The number of hydrogen-bond acceptors (Lipinski definition) is 7. The summed E-state index contributed by atoms with van der Waals surface area (Å²) in [7, 11) is 0. The van der Waals surface area contributed by atoms with E-state index in [1.807, 2.05) is 18.2 Å². The Morgan fingerprint density at radius 2 is 1.91 bits per heavy atom. The van der Waals surface area contributed by atoms with Gasteiger partial charge in [-0.15, -0.1) is 5.10 Å². The lowest BCUT2D eigenvalue weighted by Crippen LogP contribution is -2.27. The Bertz CT molecular complexity index is 659. The molecule has 0 unspecified atom stereocenters. The van der Waals surface area contributed by atoms with Gasteiger partial charge in [0.15, 0.2) is 17.3 Å². The van der Waals surface area contributed by atoms with Gasteiger partial charge in [-0.2, -0.15) is 10.1 Å². The van der Waals surface area contributed by atoms with Crippen LogP contribution in [0.15, 0.2) is 24.4 Å². The maximum Gasteiger partial charge on any atom is 0.247 e. The zero-order valence-corrected chi connectivity index (χ0v) is 13.5. The molecule has 1 aromatic carbocycles. The fourth-order valence-electron chi connectivity index (χ4n) is 2.46. The van der Waals surface area contributed by atoms with Crippen molar-refractivity contribution in [3.05, 3.63) is 24.4 Å². The van der Waals surface area contributed by atoms with Crippen LogP contribution in [0, 0.1) is 0 Å². The summed E-state index contributed by atoms with van der Waals surface area (Å²) in [6.45, 7) is 6.39. The van der Waals surface area contributed by atoms with Crippen LogP contribution in [0.1, 0.15) is 26.7 Å². The van der Waals surface area contributed by atoms with Crippen molar-refractivity contribution in [1.29, 1.82) is 0 Å². The molecule has 7 nitrogen and oxygen atoms in total. The third kappa shape index (κ3) is 3.61. The first-order valence-electron chi connectivity index (χ1n) is 7.91. The van der Waals surface area contributed by atoms with Gasteiger partial charge in [0.25, 0.3) is 0 Å². The first-order valence-corrected chi connectivity index (χ1v) is 7.91. The predicted octanol–water partition coefficient (Wildman–Crippen LogP) is 2.97. The summed E-state index contributed by atoms with van der Waals surface area (Å²) in [4.78, 5) is 6.72. The molecule has 0 saturated carbocycles. The summed E-state index contributed by atoms with van der Waals surface area (Å²) in [6, 6.07) is 5.69. The molecule has 3 rings (SSSR count). The van der Waals surface area contributed by atoms with Crippen molar-refractivity contribution >= 4 is 17.5 Å². The van der Waals surface area contributed by atoms with Crippen LogP contribution in [0.3, 0.4) is 0 Å². The number of aromatic nitrogens is 3. The average molecular weight is 315 g/mol. The van der Waals surface area contributed by atoms with E-state index in [0.717, 1.165) is 43.1 Å². The number of hydrogen-bond donors (Lipinski definition) is 1. The van der Waals surface area contributed by atoms with E-state index in [9.17, 15) is 0 Å². The minimum Gasteiger partial charge on any atom is -0.454 e. The second kappa shape index (κ2) is 7.13. The molecule has 0 bridgehead atoms. The molecule has 0 aliphatic carbocycles. The smallest absolute Gasteiger partial charge is 0.247 e. The molecule has 122 valence electrons. The minimum atomic E-state index is 0.265. The molecule has 0 amide bonds. The SMILES string of the molecule is CCCN(CCC)c1nncc(Nc2ccc3c(c2)OCO3)n1. The van der Waals surface area contributed by atoms with Crippen LogP contribution < -0.4 is 19.7 Å². The molecule has 23 heavy (non-hydrogen) atoms. The Kier molecular flexibility index (Phi) is 4.75. The van der Waals surface area contributed by atoms with Crippen molar-refractivity contribution in [2.75, 3.05) is 30.1 Å². The fourth-order valence-corrected chi connectivity index (χ4v) is 2.46. The van der Waals surface area contributed by atoms with Crippen LogP contribution >= 0.6 is 0 Å². The lowest BCUT2D eigenvalue weighted by atomic mass is 10.3. The molecule has 1 aromatic heterocycles. The second-order valence-corrected chi connectivity index (χ2v) is 5.32. The van der Waals surface area contributed by atoms with Crippen LogP contribution in [0.2, 0.25) is 0 Å². The van der Waals surface area contributed by atoms with Gasteiger partial charge in [0.05, 0.1) is 6.20 Å². The van der Waals surface area contributed by atoms with Gasteiger partial charge >= 0.3 is 0 Å². The monoisotopic (exact) mass is 315 g/mol. The molecule has 0 atom stereocenters. The Labute approximate surface area is 135 Å². The summed E-state index contributed by atoms with van der Waals surface area (Å²) in [5, 5.41) is 11.5. The highest BCUT2D eigenvalue weighted by Gasteiger charge is 2.14. The van der Waals surface area contributed by atoms with Crippen LogP contribution in [-0.4, -0.2) is 35.1 Å². The van der Waals surface area contributed by atoms with Crippen molar-refractivity contribution < 1.29 is 9.47 Å². The van der Waals surface area contributed by atoms with E-state index >= 15 is 0 Å². The van der Waals surface area contributed by atoms with E-state index < -0.39 is 0 Å². The number of rotatable bonds is 7. The van der Waals surface area contributed by atoms with Gasteiger partial charge in [0.1, 0.15) is 0 Å². The maximum atomic E-state index is 5.38. The Morgan fingerprint density at radius 1 is 1.13 bits per heavy atom. The Balaban J connectivity index is 1.76. The summed E-state index contributed by atoms with van der Waals surface area (Å²) in [6.07, 6.45) is 3.70. The third-order valence-corrected chi connectivity index (χ3v) is 3.46. The zero-order valence-electron chi connectivity index (χ0n) is 13.5. The topological polar surface area (TPSA) is 72.4 Å². The van der Waals surface area contributed by atoms with E-state index in [-0.39, 0.29) is 6.79 Å². The molecular formula is C16H21N5O2. The maximum absolute atomic E-state index is 5.38. The molecule has 0 fully saturated rings. The van der Waals surface area contributed by atoms with E-state index in [1.54, 1.807) is 6.20 Å². The molecule has 0 radical (unpaired) electrons. The van der Waals surface area contributed by atoms with Gasteiger partial charge in [-0.25, -0.2) is 0 Å². The predicted molar refractivity (Wildman–Crippen MR) is 88.5 cm³/mol. The van der Waals surface area contributed by atoms with Crippen molar-refractivity contribution in [2.24, 2.45) is 0 Å². The van der Waals surface area contributed by atoms with Crippen LogP contribution in [0.5, 0.6) is 11.5 Å². The van der Waals surface area contributed by atoms with E-state index in [0.29, 0.717) is 11.8 Å². The van der Waals surface area contributed by atoms with Gasteiger partial charge in [-0.3, -0.25) is 0 Å². The second-order valence-electron chi connectivity index (χ2n) is 5.32. The summed E-state index contributed by atoms with van der Waals surface area (Å²) < 4.78 is 10.7. The number of nitrogens with one attached hydrogen (secondary N) is 1. The summed E-state index contributed by atoms with van der Waals surface area (Å²) >= 11 is 0. The lowest BCUT2D eigenvalue weighted by molar-refractivity contribution is 0.174. The molecule has 1 aliphatic heterocycles. The zero-order chi connectivity index (χ0) is 16.1. The largest absolute Gasteiger partial charge is 0.454 e. The fraction of sp³-hybridized carbons (Fsp3) is 0.438. The van der Waals surface area contributed by atoms with Gasteiger partial charge in [-0.1, -0.05) is 13.8 Å². The molecule has 0 spiro atoms. The Hall–Kier alpha value is -2.57. The van der Waals surface area contributed by atoms with Gasteiger partial charge in [0.2, 0.25) is 12.7 Å². The molecule has 1 aliphatic rings. The first-order chi connectivity index (χ1) is 11.3. The van der Waals surface area contributed by atoms with Crippen molar-refractivity contribution in [3.8, 4) is 11.5 Å². The van der Waals surface area contributed by atoms with Crippen LogP contribution in [-0.2, 0) is 0 Å². The quantitative estimate of drug-likeness (QED) is 0.842. The number of nitrogens with zero attached hydrogens (tertiary/aromatic N) is 4. The first kappa shape index (κ1) is 15.3. The third-order valence-electron chi connectivity index (χ3n) is 3.46. The normalized spacial score (nSPS) is 12.3. The number of ether oxygens (including phenoxy) is 2. The standard InChI is InChI=1S/C16H21N5O2/c1-3-7-21(8-4-2)16-19-15(10-17-20-16)18-12-5-6-13-14(9-12)23-11-22-13/h5-6,9-10H,3-4,7-8,11H2,1-2H3,(H,18,19,20). The summed E-state index contributed by atoms with van der Waals surface area (Å²) in [5.41, 5.74) is 0.873. The molecule has 2 heterocycles. The Morgan fingerprint density at radius 3 is 2.70 bits per heavy atom. The molecular weight excluding hydrogens is 294 g/mol. The lowest BCUT2D eigenvalue weighted by Gasteiger charge is -2.21. The highest BCUT2D eigenvalue weighted by molar-refractivity contribution is 5.61. The number of anilines is 3. The van der Waals surface area contributed by atoms with E-state index in [1.165, 1.54) is 0 Å². The van der Waals surface area contributed by atoms with Gasteiger partial charge in [-0.05, 0) is 25.0 Å². The molecule has 7 heteroatoms. The number of benzene rings is 1. The van der Waals surface area contributed by atoms with Crippen LogP contribution in [0.4, 0.5) is 17.5 Å². The highest BCUT2D eigenvalue weighted by atomic mass is 16.7. The van der Waals surface area contributed by atoms with Crippen LogP contribution in [0.25, 0.3) is 0 Å². The van der Waals surface area contributed by atoms with E-state index in [4.69, 9.17) is 9.47 Å². The van der Waals surface area contributed by atoms with Crippen molar-refractivity contribution in [3.63, 3.8) is 0 Å². The van der Waals surface area contributed by atoms with Crippen molar-refractivity contribution in [1.82, 2.24) is 15.2 Å². The van der Waals surface area contributed by atoms with Gasteiger partial charge in [0, 0.05) is 24.8 Å². The molecule has 2 aromatic rings. The average Bonchev–Trinajstić information content (AvgIpc) is 3.03. The van der Waals surface area contributed by atoms with Crippen molar-refractivity contribution in [2.45, 2.75) is 26.7 Å². The minimum absolute atomic E-state index is 0.265. The van der Waals surface area contributed by atoms with E-state index in [2.05, 4.69) is 39.2 Å². The van der Waals surface area contributed by atoms with Gasteiger partial charge < -0.3 is 19.7 Å². The highest BCUT2D eigenvalue weighted by Crippen LogP contribution is 2.34. The number of fused-ring (bicyclic) bond motifs is 1. The molecule has 0 saturated heterocycles.